The summed E-state index contributed by atoms with van der Waals surface area (Å²) in [5.74, 6) is -0.538. The maximum Gasteiger partial charge on any atom is 0.438 e. The fourth-order valence-electron chi connectivity index (χ4n) is 2.68. The molecule has 9 heteroatoms. The number of hydrogen-bond acceptors (Lipinski definition) is 6. The van der Waals surface area contributed by atoms with E-state index < -0.39 is 11.8 Å². The molecule has 0 N–H and O–H groups in total. The summed E-state index contributed by atoms with van der Waals surface area (Å²) in [4.78, 5) is 27.1. The highest BCUT2D eigenvalue weighted by Gasteiger charge is 2.37. The van der Waals surface area contributed by atoms with Crippen molar-refractivity contribution in [2.24, 2.45) is 7.05 Å². The van der Waals surface area contributed by atoms with Crippen LogP contribution < -0.4 is 10.7 Å². The van der Waals surface area contributed by atoms with Gasteiger partial charge in [0.2, 0.25) is 0 Å². The molecule has 23 heavy (non-hydrogen) atoms. The number of amides is 1. The van der Waals surface area contributed by atoms with E-state index in [-0.39, 0.29) is 11.8 Å². The predicted molar refractivity (Wildman–Crippen MR) is 83.3 cm³/mol. The van der Waals surface area contributed by atoms with Gasteiger partial charge < -0.3 is 9.32 Å². The van der Waals surface area contributed by atoms with Gasteiger partial charge in [-0.3, -0.25) is 9.48 Å². The van der Waals surface area contributed by atoms with Gasteiger partial charge in [0.1, 0.15) is 6.04 Å². The fourth-order valence-corrected chi connectivity index (χ4v) is 3.33. The molecule has 1 aliphatic heterocycles. The molecular weight excluding hydrogens is 318 g/mol. The van der Waals surface area contributed by atoms with Crippen molar-refractivity contribution in [3.8, 4) is 10.8 Å². The van der Waals surface area contributed by atoms with Gasteiger partial charge in [-0.2, -0.15) is 9.78 Å². The Hall–Kier alpha value is -2.68. The van der Waals surface area contributed by atoms with Crippen molar-refractivity contribution >= 4 is 22.9 Å². The Bertz CT molecular complexity index is 907. The van der Waals surface area contributed by atoms with Crippen molar-refractivity contribution in [3.05, 3.63) is 40.5 Å². The molecular formula is C14H13N5O3S. The normalized spacial score (nSPS) is 18.0. The van der Waals surface area contributed by atoms with E-state index in [0.717, 1.165) is 15.2 Å². The lowest BCUT2D eigenvalue weighted by Crippen LogP contribution is -2.31. The second-order valence-corrected chi connectivity index (χ2v) is 6.21. The molecule has 3 aromatic heterocycles. The average molecular weight is 331 g/mol. The summed E-state index contributed by atoms with van der Waals surface area (Å²) in [5.41, 5.74) is 0.718. The quantitative estimate of drug-likeness (QED) is 0.721. The van der Waals surface area contributed by atoms with Crippen LogP contribution in [0, 0.1) is 0 Å². The molecule has 1 atom stereocenters. The van der Waals surface area contributed by atoms with Crippen LogP contribution in [0.2, 0.25) is 0 Å². The van der Waals surface area contributed by atoms with Crippen molar-refractivity contribution in [3.63, 3.8) is 0 Å². The first-order chi connectivity index (χ1) is 11.1. The first-order valence-corrected chi connectivity index (χ1v) is 7.95. The molecule has 1 saturated heterocycles. The second kappa shape index (κ2) is 5.20. The maximum absolute atomic E-state index is 12.6. The highest BCUT2D eigenvalue weighted by Crippen LogP contribution is 2.28. The number of thiophene rings is 1. The molecule has 118 valence electrons. The van der Waals surface area contributed by atoms with Gasteiger partial charge in [-0.05, 0) is 17.9 Å². The van der Waals surface area contributed by atoms with E-state index in [1.54, 1.807) is 29.0 Å². The van der Waals surface area contributed by atoms with Crippen molar-refractivity contribution in [1.29, 1.82) is 0 Å². The number of hydrogen-bond donors (Lipinski definition) is 0. The van der Waals surface area contributed by atoms with Gasteiger partial charge in [-0.15, -0.1) is 16.4 Å². The van der Waals surface area contributed by atoms with Crippen LogP contribution >= 0.6 is 11.3 Å². The highest BCUT2D eigenvalue weighted by atomic mass is 32.1. The van der Waals surface area contributed by atoms with Gasteiger partial charge >= 0.3 is 5.76 Å². The summed E-state index contributed by atoms with van der Waals surface area (Å²) in [5, 5.41) is 10.1. The third-order valence-corrected chi connectivity index (χ3v) is 4.63. The van der Waals surface area contributed by atoms with E-state index in [4.69, 9.17) is 4.42 Å². The number of carbonyl (C=O) groups is 1. The van der Waals surface area contributed by atoms with Crippen LogP contribution in [0.25, 0.3) is 10.8 Å². The Kier molecular flexibility index (Phi) is 3.15. The molecule has 0 radical (unpaired) electrons. The molecule has 1 amide bonds. The Morgan fingerprint density at radius 3 is 2.96 bits per heavy atom. The lowest BCUT2D eigenvalue weighted by Gasteiger charge is -2.13. The molecule has 3 aromatic rings. The van der Waals surface area contributed by atoms with Crippen LogP contribution in [0.3, 0.4) is 0 Å². The molecule has 8 nitrogen and oxygen atoms in total. The molecule has 1 fully saturated rings. The first-order valence-electron chi connectivity index (χ1n) is 7.07. The number of aryl methyl sites for hydroxylation is 1. The van der Waals surface area contributed by atoms with Crippen LogP contribution in [0.5, 0.6) is 0 Å². The minimum Gasteiger partial charge on any atom is -0.387 e. The molecule has 1 aliphatic rings. The molecule has 0 saturated carbocycles. The van der Waals surface area contributed by atoms with Gasteiger partial charge in [0.15, 0.2) is 0 Å². The van der Waals surface area contributed by atoms with E-state index in [1.807, 2.05) is 17.5 Å². The molecule has 0 spiro atoms. The minimum atomic E-state index is -0.639. The number of nitrogens with zero attached hydrogens (tertiary/aromatic N) is 5. The topological polar surface area (TPSA) is 86.2 Å². The first kappa shape index (κ1) is 13.9. The predicted octanol–water partition coefficient (Wildman–Crippen LogP) is 1.28. The molecule has 0 aliphatic carbocycles. The fraction of sp³-hybridized carbons (Fsp3) is 0.286. The third-order valence-electron chi connectivity index (χ3n) is 3.78. The molecule has 0 aromatic carbocycles. The van der Waals surface area contributed by atoms with Gasteiger partial charge in [0.25, 0.3) is 11.8 Å². The zero-order valence-corrected chi connectivity index (χ0v) is 13.1. The van der Waals surface area contributed by atoms with Crippen LogP contribution in [0.4, 0.5) is 5.69 Å². The average Bonchev–Trinajstić information content (AvgIpc) is 3.26. The summed E-state index contributed by atoms with van der Waals surface area (Å²) in [7, 11) is 1.79. The van der Waals surface area contributed by atoms with Gasteiger partial charge in [-0.1, -0.05) is 6.07 Å². The smallest absolute Gasteiger partial charge is 0.387 e. The van der Waals surface area contributed by atoms with Crippen molar-refractivity contribution < 1.29 is 9.21 Å². The largest absolute Gasteiger partial charge is 0.438 e. The van der Waals surface area contributed by atoms with Crippen molar-refractivity contribution in [2.75, 3.05) is 11.4 Å². The van der Waals surface area contributed by atoms with E-state index in [2.05, 4.69) is 10.2 Å². The Labute approximate surface area is 134 Å². The Morgan fingerprint density at radius 2 is 2.26 bits per heavy atom. The van der Waals surface area contributed by atoms with E-state index in [9.17, 15) is 9.59 Å². The zero-order chi connectivity index (χ0) is 16.0. The van der Waals surface area contributed by atoms with Gasteiger partial charge in [0.05, 0.1) is 16.8 Å². The second-order valence-electron chi connectivity index (χ2n) is 5.26. The summed E-state index contributed by atoms with van der Waals surface area (Å²) in [6.07, 6.45) is 3.90. The van der Waals surface area contributed by atoms with Gasteiger partial charge in [0, 0.05) is 19.8 Å². The van der Waals surface area contributed by atoms with E-state index >= 15 is 0 Å². The summed E-state index contributed by atoms with van der Waals surface area (Å²) in [6.45, 7) is 0.517. The lowest BCUT2D eigenvalue weighted by atomic mass is 10.2. The Morgan fingerprint density at radius 1 is 1.39 bits per heavy atom. The number of aromatic nitrogens is 4. The number of anilines is 1. The van der Waals surface area contributed by atoms with Crippen LogP contribution in [0.15, 0.2) is 39.1 Å². The van der Waals surface area contributed by atoms with E-state index in [0.29, 0.717) is 13.0 Å². The number of rotatable bonds is 3. The lowest BCUT2D eigenvalue weighted by molar-refractivity contribution is -0.120. The maximum atomic E-state index is 12.6. The molecule has 0 unspecified atom stereocenters. The summed E-state index contributed by atoms with van der Waals surface area (Å²) in [6, 6.07) is 3.03. The molecule has 0 bridgehead atoms. The summed E-state index contributed by atoms with van der Waals surface area (Å²) < 4.78 is 7.96. The van der Waals surface area contributed by atoms with Crippen LogP contribution in [-0.2, 0) is 11.8 Å². The SMILES string of the molecule is Cn1cc(N2CC[C@@H](n3nc(-c4cccs4)oc3=O)C2=O)cn1. The highest BCUT2D eigenvalue weighted by molar-refractivity contribution is 7.13. The third kappa shape index (κ3) is 2.29. The zero-order valence-electron chi connectivity index (χ0n) is 12.2. The minimum absolute atomic E-state index is 0.175. The summed E-state index contributed by atoms with van der Waals surface area (Å²) >= 11 is 1.43. The number of carbonyl (C=O) groups excluding carboxylic acids is 1. The molecule has 4 heterocycles. The molecule has 4 rings (SSSR count). The standard InChI is InChI=1S/C14H13N5O3S/c1-17-8-9(7-15-17)18-5-4-10(13(18)20)19-14(21)22-12(16-19)11-3-2-6-23-11/h2-3,6-8,10H,4-5H2,1H3/t10-/m1/s1. The van der Waals surface area contributed by atoms with Crippen LogP contribution in [0.1, 0.15) is 12.5 Å². The van der Waals surface area contributed by atoms with Crippen molar-refractivity contribution in [1.82, 2.24) is 19.6 Å². The van der Waals surface area contributed by atoms with E-state index in [1.165, 1.54) is 11.3 Å². The monoisotopic (exact) mass is 331 g/mol. The van der Waals surface area contributed by atoms with Gasteiger partial charge in [-0.25, -0.2) is 4.79 Å². The Balaban J connectivity index is 1.64. The van der Waals surface area contributed by atoms with Crippen molar-refractivity contribution in [2.45, 2.75) is 12.5 Å². The van der Waals surface area contributed by atoms with Crippen LogP contribution in [-0.4, -0.2) is 32.0 Å².